The van der Waals surface area contributed by atoms with Crippen LogP contribution in [-0.2, 0) is 17.9 Å². The fourth-order valence-corrected chi connectivity index (χ4v) is 4.58. The van der Waals surface area contributed by atoms with Gasteiger partial charge in [-0.1, -0.05) is 12.8 Å². The third kappa shape index (κ3) is 2.10. The molecule has 3 aliphatic rings. The predicted molar refractivity (Wildman–Crippen MR) is 84.1 cm³/mol. The quantitative estimate of drug-likeness (QED) is 0.786. The molecular formula is C17H23N5O. The molecule has 1 atom stereocenters. The molecule has 0 aromatic carbocycles. The van der Waals surface area contributed by atoms with Gasteiger partial charge >= 0.3 is 0 Å². The third-order valence-corrected chi connectivity index (χ3v) is 6.15. The van der Waals surface area contributed by atoms with E-state index in [1.165, 1.54) is 0 Å². The van der Waals surface area contributed by atoms with Crippen LogP contribution >= 0.6 is 0 Å². The van der Waals surface area contributed by atoms with Crippen molar-refractivity contribution in [1.82, 2.24) is 19.4 Å². The van der Waals surface area contributed by atoms with Gasteiger partial charge in [-0.3, -0.25) is 9.69 Å². The average Bonchev–Trinajstić information content (AvgIpc) is 3.28. The minimum absolute atomic E-state index is 0.0153. The molecule has 0 bridgehead atoms. The highest BCUT2D eigenvalue weighted by Gasteiger charge is 2.51. The Labute approximate surface area is 136 Å². The number of carbonyl (C=O) groups excluding carboxylic acids is 1. The predicted octanol–water partition coefficient (Wildman–Crippen LogP) is 1.38. The van der Waals surface area contributed by atoms with Gasteiger partial charge in [0.25, 0.3) is 0 Å². The Morgan fingerprint density at radius 1 is 1.30 bits per heavy atom. The smallest absolute Gasteiger partial charge is 0.243 e. The number of carbonyl (C=O) groups is 1. The number of imidazole rings is 1. The van der Waals surface area contributed by atoms with E-state index in [1.807, 2.05) is 17.3 Å². The maximum absolute atomic E-state index is 13.0. The van der Waals surface area contributed by atoms with Crippen molar-refractivity contribution in [2.75, 3.05) is 20.1 Å². The molecule has 6 nitrogen and oxygen atoms in total. The zero-order valence-corrected chi connectivity index (χ0v) is 13.7. The second-order valence-electron chi connectivity index (χ2n) is 7.43. The first-order valence-corrected chi connectivity index (χ1v) is 8.51. The van der Waals surface area contributed by atoms with E-state index in [4.69, 9.17) is 0 Å². The molecule has 1 unspecified atom stereocenters. The van der Waals surface area contributed by atoms with Crippen LogP contribution in [0, 0.1) is 16.7 Å². The van der Waals surface area contributed by atoms with E-state index in [0.717, 1.165) is 64.1 Å². The number of hydrogen-bond acceptors (Lipinski definition) is 4. The highest BCUT2D eigenvalue weighted by atomic mass is 16.2. The van der Waals surface area contributed by atoms with Crippen molar-refractivity contribution in [3.05, 3.63) is 18.2 Å². The third-order valence-electron chi connectivity index (χ3n) is 6.15. The molecule has 1 aromatic heterocycles. The molecule has 1 saturated carbocycles. The van der Waals surface area contributed by atoms with Gasteiger partial charge in [0.2, 0.25) is 5.91 Å². The molecule has 1 spiro atoms. The standard InChI is InChI=1S/C17H23N5O/c1-20-10-14-19-7-9-21(14)12-17(20)6-8-22(13-17)15(23)16(11-18)4-2-3-5-16/h7,9H,2-6,8,10,12-13H2,1H3. The van der Waals surface area contributed by atoms with E-state index in [2.05, 4.69) is 27.6 Å². The molecule has 1 saturated heterocycles. The Kier molecular flexibility index (Phi) is 3.24. The minimum atomic E-state index is -0.751. The van der Waals surface area contributed by atoms with E-state index in [0.29, 0.717) is 0 Å². The lowest BCUT2D eigenvalue weighted by Crippen LogP contribution is -2.55. The summed E-state index contributed by atoms with van der Waals surface area (Å²) >= 11 is 0. The summed E-state index contributed by atoms with van der Waals surface area (Å²) in [6.07, 6.45) is 8.30. The lowest BCUT2D eigenvalue weighted by molar-refractivity contribution is -0.138. The van der Waals surface area contributed by atoms with Gasteiger partial charge in [-0.15, -0.1) is 0 Å². The van der Waals surface area contributed by atoms with Crippen LogP contribution in [-0.4, -0.2) is 50.9 Å². The molecule has 3 heterocycles. The second kappa shape index (κ2) is 5.07. The van der Waals surface area contributed by atoms with Gasteiger partial charge in [0.15, 0.2) is 0 Å². The zero-order chi connectivity index (χ0) is 16.1. The second-order valence-corrected chi connectivity index (χ2v) is 7.43. The molecule has 2 fully saturated rings. The first-order valence-electron chi connectivity index (χ1n) is 8.51. The van der Waals surface area contributed by atoms with Crippen LogP contribution in [0.3, 0.4) is 0 Å². The van der Waals surface area contributed by atoms with Crippen LogP contribution < -0.4 is 0 Å². The van der Waals surface area contributed by atoms with Crippen molar-refractivity contribution in [3.8, 4) is 6.07 Å². The van der Waals surface area contributed by atoms with Crippen LogP contribution in [0.2, 0.25) is 0 Å². The Morgan fingerprint density at radius 3 is 2.83 bits per heavy atom. The lowest BCUT2D eigenvalue weighted by Gasteiger charge is -2.43. The van der Waals surface area contributed by atoms with Crippen molar-refractivity contribution < 1.29 is 4.79 Å². The van der Waals surface area contributed by atoms with Crippen LogP contribution in [0.4, 0.5) is 0 Å². The van der Waals surface area contributed by atoms with Crippen LogP contribution in [0.5, 0.6) is 0 Å². The lowest BCUT2D eigenvalue weighted by atomic mass is 9.86. The van der Waals surface area contributed by atoms with E-state index in [9.17, 15) is 10.1 Å². The Morgan fingerprint density at radius 2 is 2.09 bits per heavy atom. The van der Waals surface area contributed by atoms with Gasteiger partial charge in [0.05, 0.1) is 18.2 Å². The first kappa shape index (κ1) is 14.7. The number of amides is 1. The number of likely N-dealkylation sites (N-methyl/N-ethyl adjacent to an activating group) is 1. The molecule has 122 valence electrons. The molecule has 4 rings (SSSR count). The highest BCUT2D eigenvalue weighted by Crippen LogP contribution is 2.42. The minimum Gasteiger partial charge on any atom is -0.339 e. The van der Waals surface area contributed by atoms with E-state index in [1.54, 1.807) is 0 Å². The molecule has 1 aromatic rings. The summed E-state index contributed by atoms with van der Waals surface area (Å²) in [6.45, 7) is 3.18. The van der Waals surface area contributed by atoms with E-state index in [-0.39, 0.29) is 11.4 Å². The molecule has 0 N–H and O–H groups in total. The molecule has 2 aliphatic heterocycles. The average molecular weight is 313 g/mol. The van der Waals surface area contributed by atoms with Gasteiger partial charge in [-0.25, -0.2) is 4.98 Å². The maximum atomic E-state index is 13.0. The normalized spacial score (nSPS) is 29.7. The summed E-state index contributed by atoms with van der Waals surface area (Å²) in [5.41, 5.74) is -0.766. The van der Waals surface area contributed by atoms with E-state index >= 15 is 0 Å². The number of nitrogens with zero attached hydrogens (tertiary/aromatic N) is 5. The Bertz CT molecular complexity index is 669. The summed E-state index contributed by atoms with van der Waals surface area (Å²) in [5.74, 6) is 1.16. The molecule has 23 heavy (non-hydrogen) atoms. The van der Waals surface area contributed by atoms with Crippen LogP contribution in [0.15, 0.2) is 12.4 Å². The number of hydrogen-bond donors (Lipinski definition) is 0. The van der Waals surface area contributed by atoms with Crippen molar-refractivity contribution in [2.45, 2.75) is 50.7 Å². The van der Waals surface area contributed by atoms with Gasteiger partial charge in [-0.05, 0) is 26.3 Å². The summed E-state index contributed by atoms with van der Waals surface area (Å²) in [5, 5.41) is 9.58. The summed E-state index contributed by atoms with van der Waals surface area (Å²) in [6, 6.07) is 2.35. The molecule has 6 heteroatoms. The largest absolute Gasteiger partial charge is 0.339 e. The Balaban J connectivity index is 1.55. The summed E-state index contributed by atoms with van der Waals surface area (Å²) in [7, 11) is 2.13. The number of likely N-dealkylation sites (tertiary alicyclic amines) is 1. The van der Waals surface area contributed by atoms with Crippen LogP contribution in [0.1, 0.15) is 37.9 Å². The van der Waals surface area contributed by atoms with Crippen molar-refractivity contribution >= 4 is 5.91 Å². The molecule has 1 amide bonds. The van der Waals surface area contributed by atoms with Crippen molar-refractivity contribution in [2.24, 2.45) is 5.41 Å². The highest BCUT2D eigenvalue weighted by molar-refractivity contribution is 5.86. The summed E-state index contributed by atoms with van der Waals surface area (Å²) in [4.78, 5) is 21.7. The number of nitriles is 1. The van der Waals surface area contributed by atoms with Gasteiger partial charge in [-0.2, -0.15) is 5.26 Å². The van der Waals surface area contributed by atoms with Crippen LogP contribution in [0.25, 0.3) is 0 Å². The monoisotopic (exact) mass is 313 g/mol. The van der Waals surface area contributed by atoms with E-state index < -0.39 is 5.41 Å². The molecular weight excluding hydrogens is 290 g/mol. The fourth-order valence-electron chi connectivity index (χ4n) is 4.58. The number of fused-ring (bicyclic) bond motifs is 1. The summed E-state index contributed by atoms with van der Waals surface area (Å²) < 4.78 is 2.21. The molecule has 0 radical (unpaired) electrons. The first-order chi connectivity index (χ1) is 11.1. The van der Waals surface area contributed by atoms with Gasteiger partial charge < -0.3 is 9.47 Å². The number of rotatable bonds is 1. The Hall–Kier alpha value is -1.87. The van der Waals surface area contributed by atoms with Crippen molar-refractivity contribution in [1.29, 1.82) is 5.26 Å². The fraction of sp³-hybridized carbons (Fsp3) is 0.706. The SMILES string of the molecule is CN1Cc2nccn2CC12CCN(C(=O)C1(C#N)CCCC1)C2. The van der Waals surface area contributed by atoms with Gasteiger partial charge in [0.1, 0.15) is 11.2 Å². The van der Waals surface area contributed by atoms with Gasteiger partial charge in [0, 0.05) is 32.0 Å². The zero-order valence-electron chi connectivity index (χ0n) is 13.7. The maximum Gasteiger partial charge on any atom is 0.243 e. The number of aromatic nitrogens is 2. The molecule has 1 aliphatic carbocycles. The topological polar surface area (TPSA) is 65.2 Å². The van der Waals surface area contributed by atoms with Crippen molar-refractivity contribution in [3.63, 3.8) is 0 Å².